The first kappa shape index (κ1) is 10.8. The molecule has 80 valence electrons. The SMILES string of the molecule is NC(N)=NC1(C(=O)O)CCCCCC1. The van der Waals surface area contributed by atoms with Gasteiger partial charge in [0.25, 0.3) is 0 Å². The van der Waals surface area contributed by atoms with Crippen LogP contribution in [0, 0.1) is 0 Å². The van der Waals surface area contributed by atoms with E-state index in [0.717, 1.165) is 25.7 Å². The predicted octanol–water partition coefficient (Wildman–Crippen LogP) is 0.437. The second kappa shape index (κ2) is 4.30. The molecule has 0 bridgehead atoms. The molecule has 5 N–H and O–H groups in total. The van der Waals surface area contributed by atoms with Crippen molar-refractivity contribution in [3.05, 3.63) is 0 Å². The molecule has 1 saturated carbocycles. The lowest BCUT2D eigenvalue weighted by Crippen LogP contribution is -2.40. The first-order valence-corrected chi connectivity index (χ1v) is 4.91. The fraction of sp³-hybridized carbons (Fsp3) is 0.778. The molecule has 1 rings (SSSR count). The van der Waals surface area contributed by atoms with E-state index >= 15 is 0 Å². The van der Waals surface area contributed by atoms with Crippen LogP contribution in [0.25, 0.3) is 0 Å². The third kappa shape index (κ3) is 2.37. The highest BCUT2D eigenvalue weighted by Gasteiger charge is 2.38. The summed E-state index contributed by atoms with van der Waals surface area (Å²) in [6.07, 6.45) is 4.97. The third-order valence-corrected chi connectivity index (χ3v) is 2.67. The van der Waals surface area contributed by atoms with Gasteiger partial charge in [-0.05, 0) is 12.8 Å². The number of aliphatic carboxylic acids is 1. The lowest BCUT2D eigenvalue weighted by atomic mass is 9.91. The molecular weight excluding hydrogens is 182 g/mol. The standard InChI is InChI=1S/C9H17N3O2/c10-8(11)12-9(7(13)14)5-3-1-2-4-6-9/h1-6H2,(H,13,14)(H4,10,11,12). The monoisotopic (exact) mass is 199 g/mol. The van der Waals surface area contributed by atoms with Crippen molar-refractivity contribution in [1.82, 2.24) is 0 Å². The van der Waals surface area contributed by atoms with Crippen LogP contribution in [0.15, 0.2) is 4.99 Å². The van der Waals surface area contributed by atoms with E-state index in [1.165, 1.54) is 0 Å². The molecule has 1 aliphatic rings. The lowest BCUT2D eigenvalue weighted by molar-refractivity contribution is -0.143. The third-order valence-electron chi connectivity index (χ3n) is 2.67. The molecular formula is C9H17N3O2. The van der Waals surface area contributed by atoms with Crippen LogP contribution in [-0.4, -0.2) is 22.6 Å². The Kier molecular flexibility index (Phi) is 3.33. The van der Waals surface area contributed by atoms with Crippen molar-refractivity contribution in [3.8, 4) is 0 Å². The maximum atomic E-state index is 11.1. The van der Waals surface area contributed by atoms with Gasteiger partial charge in [0, 0.05) is 0 Å². The van der Waals surface area contributed by atoms with Crippen molar-refractivity contribution in [2.75, 3.05) is 0 Å². The molecule has 14 heavy (non-hydrogen) atoms. The number of nitrogens with two attached hydrogens (primary N) is 2. The van der Waals surface area contributed by atoms with E-state index < -0.39 is 11.5 Å². The second-order valence-electron chi connectivity index (χ2n) is 3.79. The highest BCUT2D eigenvalue weighted by Crippen LogP contribution is 2.30. The molecule has 0 aromatic heterocycles. The summed E-state index contributed by atoms with van der Waals surface area (Å²) in [7, 11) is 0. The summed E-state index contributed by atoms with van der Waals surface area (Å²) in [6.45, 7) is 0. The van der Waals surface area contributed by atoms with E-state index in [-0.39, 0.29) is 5.96 Å². The quantitative estimate of drug-likeness (QED) is 0.341. The van der Waals surface area contributed by atoms with E-state index in [1.54, 1.807) is 0 Å². The molecule has 0 amide bonds. The normalized spacial score (nSPS) is 20.9. The average Bonchev–Trinajstić information content (AvgIpc) is 2.29. The molecule has 0 heterocycles. The first-order valence-electron chi connectivity index (χ1n) is 4.91. The Hall–Kier alpha value is -1.26. The number of guanidine groups is 1. The maximum Gasteiger partial charge on any atom is 0.331 e. The molecule has 0 spiro atoms. The van der Waals surface area contributed by atoms with Gasteiger partial charge >= 0.3 is 5.97 Å². The smallest absolute Gasteiger partial charge is 0.331 e. The van der Waals surface area contributed by atoms with Crippen molar-refractivity contribution >= 4 is 11.9 Å². The van der Waals surface area contributed by atoms with Crippen LogP contribution in [-0.2, 0) is 4.79 Å². The van der Waals surface area contributed by atoms with Crippen LogP contribution in [0.3, 0.4) is 0 Å². The number of hydrogen-bond donors (Lipinski definition) is 3. The second-order valence-corrected chi connectivity index (χ2v) is 3.79. The number of rotatable bonds is 2. The van der Waals surface area contributed by atoms with E-state index in [4.69, 9.17) is 16.6 Å². The largest absolute Gasteiger partial charge is 0.479 e. The molecule has 5 nitrogen and oxygen atoms in total. The zero-order valence-corrected chi connectivity index (χ0v) is 8.20. The van der Waals surface area contributed by atoms with Crippen molar-refractivity contribution in [3.63, 3.8) is 0 Å². The maximum absolute atomic E-state index is 11.1. The van der Waals surface area contributed by atoms with Gasteiger partial charge in [-0.15, -0.1) is 0 Å². The Morgan fingerprint density at radius 2 is 1.64 bits per heavy atom. The number of aliphatic imine (C=N–C) groups is 1. The highest BCUT2D eigenvalue weighted by molar-refractivity contribution is 5.85. The van der Waals surface area contributed by atoms with Crippen LogP contribution >= 0.6 is 0 Å². The first-order chi connectivity index (χ1) is 6.57. The molecule has 5 heteroatoms. The number of nitrogens with zero attached hydrogens (tertiary/aromatic N) is 1. The van der Waals surface area contributed by atoms with Gasteiger partial charge < -0.3 is 16.6 Å². The van der Waals surface area contributed by atoms with Crippen LogP contribution in [0.5, 0.6) is 0 Å². The Balaban J connectivity index is 2.89. The molecule has 0 radical (unpaired) electrons. The Labute approximate surface area is 83.2 Å². The van der Waals surface area contributed by atoms with Gasteiger partial charge in [0.1, 0.15) is 0 Å². The van der Waals surface area contributed by atoms with Gasteiger partial charge in [-0.1, -0.05) is 25.7 Å². The topological polar surface area (TPSA) is 102 Å². The van der Waals surface area contributed by atoms with Crippen molar-refractivity contribution in [2.45, 2.75) is 44.1 Å². The summed E-state index contributed by atoms with van der Waals surface area (Å²) in [5.74, 6) is -1.04. The van der Waals surface area contributed by atoms with Crippen LogP contribution in [0.4, 0.5) is 0 Å². The van der Waals surface area contributed by atoms with Gasteiger partial charge in [-0.25, -0.2) is 9.79 Å². The van der Waals surface area contributed by atoms with Gasteiger partial charge in [0.15, 0.2) is 11.5 Å². The molecule has 0 atom stereocenters. The molecule has 0 aromatic carbocycles. The minimum atomic E-state index is -1.06. The van der Waals surface area contributed by atoms with Crippen molar-refractivity contribution in [1.29, 1.82) is 0 Å². The van der Waals surface area contributed by atoms with E-state index in [0.29, 0.717) is 12.8 Å². The summed E-state index contributed by atoms with van der Waals surface area (Å²) in [5, 5.41) is 9.14. The molecule has 1 aliphatic carbocycles. The van der Waals surface area contributed by atoms with Gasteiger partial charge in [-0.3, -0.25) is 0 Å². The lowest BCUT2D eigenvalue weighted by Gasteiger charge is -2.23. The van der Waals surface area contributed by atoms with E-state index in [1.807, 2.05) is 0 Å². The van der Waals surface area contributed by atoms with Crippen LogP contribution in [0.2, 0.25) is 0 Å². The number of carboxylic acids is 1. The summed E-state index contributed by atoms with van der Waals surface area (Å²) < 4.78 is 0. The number of carboxylic acid groups (broad SMARTS) is 1. The molecule has 1 fully saturated rings. The van der Waals surface area contributed by atoms with Crippen LogP contribution < -0.4 is 11.5 Å². The fourth-order valence-electron chi connectivity index (χ4n) is 1.93. The molecule has 0 saturated heterocycles. The van der Waals surface area contributed by atoms with Gasteiger partial charge in [0.05, 0.1) is 0 Å². The predicted molar refractivity (Wildman–Crippen MR) is 53.9 cm³/mol. The summed E-state index contributed by atoms with van der Waals surface area (Å²) in [5.41, 5.74) is 9.46. The summed E-state index contributed by atoms with van der Waals surface area (Å²) >= 11 is 0. The minimum absolute atomic E-state index is 0.130. The molecule has 0 aromatic rings. The Bertz CT molecular complexity index is 238. The summed E-state index contributed by atoms with van der Waals surface area (Å²) in [4.78, 5) is 15.0. The molecule has 0 aliphatic heterocycles. The highest BCUT2D eigenvalue weighted by atomic mass is 16.4. The van der Waals surface area contributed by atoms with Gasteiger partial charge in [-0.2, -0.15) is 0 Å². The average molecular weight is 199 g/mol. The number of hydrogen-bond acceptors (Lipinski definition) is 2. The van der Waals surface area contributed by atoms with Gasteiger partial charge in [0.2, 0.25) is 0 Å². The van der Waals surface area contributed by atoms with Crippen molar-refractivity contribution < 1.29 is 9.90 Å². The fourth-order valence-corrected chi connectivity index (χ4v) is 1.93. The van der Waals surface area contributed by atoms with E-state index in [2.05, 4.69) is 4.99 Å². The van der Waals surface area contributed by atoms with E-state index in [9.17, 15) is 4.79 Å². The van der Waals surface area contributed by atoms with Crippen molar-refractivity contribution in [2.24, 2.45) is 16.5 Å². The Morgan fingerprint density at radius 3 is 2.00 bits per heavy atom. The number of carbonyl (C=O) groups is 1. The Morgan fingerprint density at radius 1 is 1.14 bits per heavy atom. The van der Waals surface area contributed by atoms with Crippen LogP contribution in [0.1, 0.15) is 38.5 Å². The zero-order valence-electron chi connectivity index (χ0n) is 8.20. The summed E-state index contributed by atoms with van der Waals surface area (Å²) in [6, 6.07) is 0. The zero-order chi connectivity index (χ0) is 10.6. The molecule has 0 unspecified atom stereocenters. The minimum Gasteiger partial charge on any atom is -0.479 e.